The summed E-state index contributed by atoms with van der Waals surface area (Å²) < 4.78 is 40.3. The number of aromatic nitrogens is 1. The van der Waals surface area contributed by atoms with E-state index in [-0.39, 0.29) is 16.3 Å². The van der Waals surface area contributed by atoms with Crippen LogP contribution in [-0.2, 0) is 6.18 Å². The number of anilines is 2. The Labute approximate surface area is 213 Å². The van der Waals surface area contributed by atoms with Gasteiger partial charge in [-0.1, -0.05) is 66.2 Å². The summed E-state index contributed by atoms with van der Waals surface area (Å²) in [6, 6.07) is 23.4. The van der Waals surface area contributed by atoms with E-state index >= 15 is 0 Å². The third-order valence-corrected chi connectivity index (χ3v) is 6.96. The van der Waals surface area contributed by atoms with Gasteiger partial charge in [0.15, 0.2) is 0 Å². The Bertz CT molecular complexity index is 1580. The highest BCUT2D eigenvalue weighted by molar-refractivity contribution is 7.21. The number of halogens is 4. The molecule has 0 radical (unpaired) electrons. The van der Waals surface area contributed by atoms with Gasteiger partial charge in [0, 0.05) is 16.0 Å². The third kappa shape index (κ3) is 4.53. The number of nitrogens with one attached hydrogen (secondary N) is 1. The van der Waals surface area contributed by atoms with Gasteiger partial charge in [0.2, 0.25) is 0 Å². The number of rotatable bonds is 4. The second-order valence-corrected chi connectivity index (χ2v) is 9.39. The molecule has 0 unspecified atom stereocenters. The van der Waals surface area contributed by atoms with Crippen molar-refractivity contribution in [2.24, 2.45) is 0 Å². The number of hydrogen-bond donors (Lipinski definition) is 2. The molecule has 3 aromatic carbocycles. The molecule has 0 saturated carbocycles. The number of fused-ring (bicyclic) bond motifs is 1. The molecule has 2 aromatic heterocycles. The van der Waals surface area contributed by atoms with Crippen LogP contribution in [0.15, 0.2) is 84.9 Å². The number of hydrogen-bond acceptors (Lipinski definition) is 4. The Morgan fingerprint density at radius 1 is 0.917 bits per heavy atom. The molecule has 1 amide bonds. The zero-order chi connectivity index (χ0) is 25.4. The molecule has 0 fully saturated rings. The van der Waals surface area contributed by atoms with Crippen LogP contribution in [-0.4, -0.2) is 10.9 Å². The lowest BCUT2D eigenvalue weighted by Crippen LogP contribution is -2.16. The van der Waals surface area contributed by atoms with Gasteiger partial charge in [-0.05, 0) is 41.5 Å². The minimum Gasteiger partial charge on any atom is -0.397 e. The SMILES string of the molecule is Nc1c(C(=O)Nc2ccccc2C(F)(F)F)sc2nc(-c3ccccc3)cc(-c3ccc(Cl)cc3)c12. The molecule has 0 atom stereocenters. The van der Waals surface area contributed by atoms with Crippen LogP contribution in [0.2, 0.25) is 5.02 Å². The number of benzene rings is 3. The average Bonchev–Trinajstić information content (AvgIpc) is 3.21. The highest BCUT2D eigenvalue weighted by Crippen LogP contribution is 2.42. The molecule has 5 aromatic rings. The first-order valence-corrected chi connectivity index (χ1v) is 11.9. The number of amides is 1. The van der Waals surface area contributed by atoms with Crippen molar-refractivity contribution >= 4 is 50.4 Å². The summed E-state index contributed by atoms with van der Waals surface area (Å²) >= 11 is 7.11. The summed E-state index contributed by atoms with van der Waals surface area (Å²) in [5, 5.41) is 3.49. The van der Waals surface area contributed by atoms with E-state index in [0.717, 1.165) is 34.1 Å². The summed E-state index contributed by atoms with van der Waals surface area (Å²) in [5.74, 6) is -0.740. The maximum absolute atomic E-state index is 13.4. The molecule has 9 heteroatoms. The number of carbonyl (C=O) groups is 1. The number of alkyl halides is 3. The van der Waals surface area contributed by atoms with Gasteiger partial charge in [-0.2, -0.15) is 13.2 Å². The molecule has 0 saturated heterocycles. The molecule has 0 aliphatic heterocycles. The largest absolute Gasteiger partial charge is 0.418 e. The van der Waals surface area contributed by atoms with Gasteiger partial charge >= 0.3 is 6.18 Å². The molecular formula is C27H17ClF3N3OS. The van der Waals surface area contributed by atoms with Crippen molar-refractivity contribution in [3.05, 3.63) is 100 Å². The van der Waals surface area contributed by atoms with Gasteiger partial charge in [0.25, 0.3) is 5.91 Å². The number of nitrogens with two attached hydrogens (primary N) is 1. The Morgan fingerprint density at radius 3 is 2.28 bits per heavy atom. The van der Waals surface area contributed by atoms with E-state index in [2.05, 4.69) is 5.32 Å². The number of pyridine rings is 1. The topological polar surface area (TPSA) is 68.0 Å². The number of thiophene rings is 1. The Balaban J connectivity index is 1.65. The van der Waals surface area contributed by atoms with Gasteiger partial charge in [-0.25, -0.2) is 4.98 Å². The van der Waals surface area contributed by atoms with Gasteiger partial charge < -0.3 is 11.1 Å². The van der Waals surface area contributed by atoms with Crippen LogP contribution in [0.5, 0.6) is 0 Å². The maximum atomic E-state index is 13.4. The lowest BCUT2D eigenvalue weighted by Gasteiger charge is -2.13. The first-order chi connectivity index (χ1) is 17.2. The highest BCUT2D eigenvalue weighted by Gasteiger charge is 2.34. The lowest BCUT2D eigenvalue weighted by molar-refractivity contribution is -0.136. The molecule has 0 spiro atoms. The van der Waals surface area contributed by atoms with E-state index < -0.39 is 17.6 Å². The van der Waals surface area contributed by atoms with Crippen molar-refractivity contribution in [2.75, 3.05) is 11.1 Å². The van der Waals surface area contributed by atoms with E-state index in [1.165, 1.54) is 18.2 Å². The van der Waals surface area contributed by atoms with Crippen molar-refractivity contribution in [1.82, 2.24) is 4.98 Å². The van der Waals surface area contributed by atoms with Gasteiger partial charge in [0.05, 0.1) is 22.6 Å². The standard InChI is InChI=1S/C27H17ClF3N3OS/c28-17-12-10-15(11-13-17)18-14-21(16-6-2-1-3-7-16)34-26-22(18)23(32)24(36-26)25(35)33-20-9-5-4-8-19(20)27(29,30)31/h1-14H,32H2,(H,33,35). The molecule has 0 aliphatic rings. The molecule has 36 heavy (non-hydrogen) atoms. The van der Waals surface area contributed by atoms with Crippen molar-refractivity contribution in [1.29, 1.82) is 0 Å². The van der Waals surface area contributed by atoms with Crippen molar-refractivity contribution < 1.29 is 18.0 Å². The lowest BCUT2D eigenvalue weighted by atomic mass is 9.99. The average molecular weight is 524 g/mol. The fourth-order valence-corrected chi connectivity index (χ4v) is 5.06. The zero-order valence-corrected chi connectivity index (χ0v) is 20.0. The first-order valence-electron chi connectivity index (χ1n) is 10.7. The first kappa shape index (κ1) is 23.8. The molecule has 0 aliphatic carbocycles. The fourth-order valence-electron chi connectivity index (χ4n) is 3.92. The smallest absolute Gasteiger partial charge is 0.397 e. The van der Waals surface area contributed by atoms with Crippen molar-refractivity contribution in [3.8, 4) is 22.4 Å². The quantitative estimate of drug-likeness (QED) is 0.250. The molecule has 0 bridgehead atoms. The Morgan fingerprint density at radius 2 is 1.58 bits per heavy atom. The minimum atomic E-state index is -4.62. The van der Waals surface area contributed by atoms with Crippen LogP contribution in [0.4, 0.5) is 24.5 Å². The number of carbonyl (C=O) groups excluding carboxylic acids is 1. The van der Waals surface area contributed by atoms with E-state index in [1.54, 1.807) is 12.1 Å². The molecule has 180 valence electrons. The van der Waals surface area contributed by atoms with E-state index in [1.807, 2.05) is 48.5 Å². The molecule has 3 N–H and O–H groups in total. The second-order valence-electron chi connectivity index (χ2n) is 7.95. The van der Waals surface area contributed by atoms with Crippen molar-refractivity contribution in [2.45, 2.75) is 6.18 Å². The van der Waals surface area contributed by atoms with Crippen LogP contribution in [0, 0.1) is 0 Å². The van der Waals surface area contributed by atoms with Crippen LogP contribution in [0.3, 0.4) is 0 Å². The van der Waals surface area contributed by atoms with E-state index in [0.29, 0.717) is 20.9 Å². The van der Waals surface area contributed by atoms with Gasteiger partial charge in [0.1, 0.15) is 9.71 Å². The van der Waals surface area contributed by atoms with Crippen LogP contribution < -0.4 is 11.1 Å². The fraction of sp³-hybridized carbons (Fsp3) is 0.0370. The zero-order valence-electron chi connectivity index (χ0n) is 18.4. The van der Waals surface area contributed by atoms with Crippen LogP contribution in [0.25, 0.3) is 32.6 Å². The highest BCUT2D eigenvalue weighted by atomic mass is 35.5. The maximum Gasteiger partial charge on any atom is 0.418 e. The van der Waals surface area contributed by atoms with Crippen LogP contribution in [0.1, 0.15) is 15.2 Å². The minimum absolute atomic E-state index is 0.0786. The molecular weight excluding hydrogens is 507 g/mol. The van der Waals surface area contributed by atoms with Gasteiger partial charge in [-0.3, -0.25) is 4.79 Å². The Hall–Kier alpha value is -3.88. The predicted molar refractivity (Wildman–Crippen MR) is 139 cm³/mol. The third-order valence-electron chi connectivity index (χ3n) is 5.61. The summed E-state index contributed by atoms with van der Waals surface area (Å²) in [6.45, 7) is 0. The Kier molecular flexibility index (Phi) is 6.15. The van der Waals surface area contributed by atoms with Crippen molar-refractivity contribution in [3.63, 3.8) is 0 Å². The summed E-state index contributed by atoms with van der Waals surface area (Å²) in [7, 11) is 0. The van der Waals surface area contributed by atoms with E-state index in [9.17, 15) is 18.0 Å². The number of nitrogen functional groups attached to an aromatic ring is 1. The van der Waals surface area contributed by atoms with E-state index in [4.69, 9.17) is 22.3 Å². The predicted octanol–water partition coefficient (Wildman–Crippen LogP) is 8.14. The normalized spacial score (nSPS) is 11.6. The molecule has 5 rings (SSSR count). The summed E-state index contributed by atoms with van der Waals surface area (Å²) in [6.07, 6.45) is -4.62. The second kappa shape index (κ2) is 9.29. The van der Waals surface area contributed by atoms with Crippen LogP contribution >= 0.6 is 22.9 Å². The molecule has 4 nitrogen and oxygen atoms in total. The summed E-state index contributed by atoms with van der Waals surface area (Å²) in [4.78, 5) is 18.4. The number of para-hydroxylation sites is 1. The number of nitrogens with zero attached hydrogens (tertiary/aromatic N) is 1. The van der Waals surface area contributed by atoms with Gasteiger partial charge in [-0.15, -0.1) is 11.3 Å². The molecule has 2 heterocycles. The summed E-state index contributed by atoms with van der Waals surface area (Å²) in [5.41, 5.74) is 8.38. The monoisotopic (exact) mass is 523 g/mol.